The fourth-order valence-corrected chi connectivity index (χ4v) is 10.5. The SMILES string of the molecule is COC(=O)[C@]1(O)C[C@H](OC(C)=O)[C@@H](NC(C)=O)[C@H]([C@H](OC(C)=O)[C@H](O)CO[Si](c2ccccc2)(c2ccccc2)C(C)(C)C)O1. The highest BCUT2D eigenvalue weighted by atomic mass is 28.4. The van der Waals surface area contributed by atoms with E-state index >= 15 is 0 Å². The molecule has 2 aromatic rings. The van der Waals surface area contributed by atoms with Crippen LogP contribution in [0.3, 0.4) is 0 Å². The normalized spacial score (nSPS) is 23.3. The summed E-state index contributed by atoms with van der Waals surface area (Å²) in [6.45, 7) is 9.18. The third-order valence-corrected chi connectivity index (χ3v) is 12.7. The molecule has 3 rings (SSSR count). The lowest BCUT2D eigenvalue weighted by Crippen LogP contribution is -2.69. The average Bonchev–Trinajstić information content (AvgIpc) is 2.96. The summed E-state index contributed by atoms with van der Waals surface area (Å²) in [7, 11) is -2.16. The van der Waals surface area contributed by atoms with Gasteiger partial charge in [-0.15, -0.1) is 0 Å². The zero-order valence-electron chi connectivity index (χ0n) is 26.6. The fraction of sp³-hybridized carbons (Fsp3) is 0.500. The van der Waals surface area contributed by atoms with Crippen LogP contribution in [0.15, 0.2) is 60.7 Å². The van der Waals surface area contributed by atoms with Crippen molar-refractivity contribution in [1.82, 2.24) is 5.32 Å². The number of carbonyl (C=O) groups excluding carboxylic acids is 4. The van der Waals surface area contributed by atoms with E-state index in [1.165, 1.54) is 6.92 Å². The standard InChI is InChI=1S/C32H43NO11Si/c1-20(34)33-27-26(42-21(2)35)18-32(39,30(38)40-7)44-29(27)28(43-22(3)36)25(37)19-41-45(31(4,5)6,23-14-10-8-11-15-23)24-16-12-9-13-17-24/h8-17,25-29,37,39H,18-19H2,1-7H3,(H,33,34)/t25-,26+,27-,28-,29-,32+/m1/s1. The van der Waals surface area contributed by atoms with Gasteiger partial charge in [0.15, 0.2) is 6.10 Å². The van der Waals surface area contributed by atoms with Crippen molar-refractivity contribution in [2.24, 2.45) is 0 Å². The molecule has 246 valence electrons. The minimum Gasteiger partial charge on any atom is -0.465 e. The Morgan fingerprint density at radius 1 is 0.978 bits per heavy atom. The number of aliphatic hydroxyl groups is 2. The van der Waals surface area contributed by atoms with Crippen LogP contribution in [0.5, 0.6) is 0 Å². The van der Waals surface area contributed by atoms with Gasteiger partial charge in [-0.2, -0.15) is 0 Å². The topological polar surface area (TPSA) is 167 Å². The van der Waals surface area contributed by atoms with E-state index in [4.69, 9.17) is 23.4 Å². The predicted octanol–water partition coefficient (Wildman–Crippen LogP) is 0.943. The monoisotopic (exact) mass is 645 g/mol. The molecule has 0 spiro atoms. The van der Waals surface area contributed by atoms with Gasteiger partial charge in [0.1, 0.15) is 18.3 Å². The van der Waals surface area contributed by atoms with Crippen LogP contribution in [-0.4, -0.2) is 92.3 Å². The van der Waals surface area contributed by atoms with Crippen molar-refractivity contribution in [3.05, 3.63) is 60.7 Å². The van der Waals surface area contributed by atoms with E-state index in [1.807, 2.05) is 81.4 Å². The van der Waals surface area contributed by atoms with E-state index in [9.17, 15) is 29.4 Å². The van der Waals surface area contributed by atoms with E-state index < -0.39 is 79.8 Å². The van der Waals surface area contributed by atoms with Gasteiger partial charge in [-0.3, -0.25) is 14.4 Å². The molecule has 0 unspecified atom stereocenters. The zero-order chi connectivity index (χ0) is 33.6. The van der Waals surface area contributed by atoms with Crippen LogP contribution in [0.2, 0.25) is 5.04 Å². The molecule has 12 nitrogen and oxygen atoms in total. The van der Waals surface area contributed by atoms with Crippen molar-refractivity contribution < 1.29 is 52.8 Å². The molecule has 1 heterocycles. The Hall–Kier alpha value is -3.62. The minimum atomic E-state index is -3.18. The average molecular weight is 646 g/mol. The molecule has 1 fully saturated rings. The first-order chi connectivity index (χ1) is 21.1. The number of hydrogen-bond acceptors (Lipinski definition) is 11. The number of methoxy groups -OCH3 is 1. The van der Waals surface area contributed by atoms with Crippen LogP contribution in [0.25, 0.3) is 0 Å². The van der Waals surface area contributed by atoms with E-state index in [-0.39, 0.29) is 6.61 Å². The quantitative estimate of drug-likeness (QED) is 0.181. The van der Waals surface area contributed by atoms with Crippen LogP contribution in [0, 0.1) is 0 Å². The van der Waals surface area contributed by atoms with E-state index in [2.05, 4.69) is 5.32 Å². The number of ether oxygens (including phenoxy) is 4. The van der Waals surface area contributed by atoms with Gasteiger partial charge in [0, 0.05) is 20.8 Å². The number of hydrogen-bond donors (Lipinski definition) is 3. The Morgan fingerprint density at radius 3 is 1.93 bits per heavy atom. The molecule has 3 N–H and O–H groups in total. The fourth-order valence-electron chi connectivity index (χ4n) is 5.88. The lowest BCUT2D eigenvalue weighted by atomic mass is 9.88. The van der Waals surface area contributed by atoms with Crippen molar-refractivity contribution in [3.63, 3.8) is 0 Å². The van der Waals surface area contributed by atoms with E-state index in [0.717, 1.165) is 31.3 Å². The molecule has 1 aliphatic rings. The summed E-state index contributed by atoms with van der Waals surface area (Å²) in [6.07, 6.45) is -6.78. The molecule has 13 heteroatoms. The zero-order valence-corrected chi connectivity index (χ0v) is 27.6. The molecular weight excluding hydrogens is 602 g/mol. The highest BCUT2D eigenvalue weighted by Gasteiger charge is 2.58. The first-order valence-corrected chi connectivity index (χ1v) is 16.5. The van der Waals surface area contributed by atoms with Gasteiger partial charge in [-0.25, -0.2) is 4.79 Å². The van der Waals surface area contributed by atoms with Gasteiger partial charge in [-0.05, 0) is 15.4 Å². The maximum Gasteiger partial charge on any atom is 0.366 e. The molecule has 45 heavy (non-hydrogen) atoms. The minimum absolute atomic E-state index is 0.382. The first kappa shape index (κ1) is 35.9. The largest absolute Gasteiger partial charge is 0.465 e. The second kappa shape index (κ2) is 14.6. The number of carbonyl (C=O) groups is 4. The highest BCUT2D eigenvalue weighted by Crippen LogP contribution is 2.38. The summed E-state index contributed by atoms with van der Waals surface area (Å²) in [5.74, 6) is -6.07. The Morgan fingerprint density at radius 2 is 1.51 bits per heavy atom. The van der Waals surface area contributed by atoms with Crippen LogP contribution in [0.1, 0.15) is 48.0 Å². The molecule has 2 aromatic carbocycles. The lowest BCUT2D eigenvalue weighted by molar-refractivity contribution is -0.298. The van der Waals surface area contributed by atoms with Crippen LogP contribution >= 0.6 is 0 Å². The molecule has 0 radical (unpaired) electrons. The Balaban J connectivity index is 2.12. The summed E-state index contributed by atoms with van der Waals surface area (Å²) in [5.41, 5.74) is 0. The van der Waals surface area contributed by atoms with Crippen LogP contribution in [-0.2, 0) is 42.6 Å². The second-order valence-electron chi connectivity index (χ2n) is 12.1. The summed E-state index contributed by atoms with van der Waals surface area (Å²) in [4.78, 5) is 49.4. The van der Waals surface area contributed by atoms with Gasteiger partial charge < -0.3 is 38.9 Å². The van der Waals surface area contributed by atoms with Crippen molar-refractivity contribution in [2.75, 3.05) is 13.7 Å². The number of esters is 3. The van der Waals surface area contributed by atoms with Crippen molar-refractivity contribution >= 4 is 42.5 Å². The van der Waals surface area contributed by atoms with Crippen molar-refractivity contribution in [1.29, 1.82) is 0 Å². The number of aliphatic hydroxyl groups excluding tert-OH is 1. The molecule has 1 amide bonds. The highest BCUT2D eigenvalue weighted by molar-refractivity contribution is 6.99. The van der Waals surface area contributed by atoms with E-state index in [1.54, 1.807) is 0 Å². The molecule has 0 bridgehead atoms. The number of benzene rings is 2. The molecule has 1 saturated heterocycles. The number of amides is 1. The Kier molecular flexibility index (Phi) is 11.7. The van der Waals surface area contributed by atoms with Crippen LogP contribution in [0.4, 0.5) is 0 Å². The first-order valence-electron chi connectivity index (χ1n) is 14.6. The third-order valence-electron chi connectivity index (χ3n) is 7.65. The summed E-state index contributed by atoms with van der Waals surface area (Å²) in [5, 5.41) is 27.0. The Labute approximate surface area is 264 Å². The maximum atomic E-state index is 12.7. The molecule has 0 saturated carbocycles. The molecular formula is C32H43NO11Si. The van der Waals surface area contributed by atoms with Crippen molar-refractivity contribution in [2.45, 2.75) is 89.2 Å². The van der Waals surface area contributed by atoms with E-state index in [0.29, 0.717) is 0 Å². The molecule has 0 aliphatic carbocycles. The van der Waals surface area contributed by atoms with Crippen LogP contribution < -0.4 is 15.7 Å². The molecule has 6 atom stereocenters. The summed E-state index contributed by atoms with van der Waals surface area (Å²) in [6, 6.07) is 18.0. The van der Waals surface area contributed by atoms with Gasteiger partial charge in [0.2, 0.25) is 5.91 Å². The van der Waals surface area contributed by atoms with Gasteiger partial charge in [0.25, 0.3) is 14.1 Å². The van der Waals surface area contributed by atoms with Crippen molar-refractivity contribution in [3.8, 4) is 0 Å². The summed E-state index contributed by atoms with van der Waals surface area (Å²) < 4.78 is 28.3. The third kappa shape index (κ3) is 8.16. The predicted molar refractivity (Wildman–Crippen MR) is 165 cm³/mol. The van der Waals surface area contributed by atoms with Gasteiger partial charge in [0.05, 0.1) is 26.2 Å². The van der Waals surface area contributed by atoms with Gasteiger partial charge in [-0.1, -0.05) is 81.4 Å². The summed E-state index contributed by atoms with van der Waals surface area (Å²) >= 11 is 0. The number of rotatable bonds is 11. The number of nitrogens with one attached hydrogen (secondary N) is 1. The molecule has 0 aromatic heterocycles. The molecule has 1 aliphatic heterocycles. The lowest BCUT2D eigenvalue weighted by Gasteiger charge is -2.47. The second-order valence-corrected chi connectivity index (χ2v) is 16.4. The smallest absolute Gasteiger partial charge is 0.366 e. The maximum absolute atomic E-state index is 12.7. The van der Waals surface area contributed by atoms with Gasteiger partial charge >= 0.3 is 17.9 Å². The Bertz CT molecular complexity index is 1290.